The first-order valence-electron chi connectivity index (χ1n) is 10.4. The number of carbonyl (C=O) groups is 2. The van der Waals surface area contributed by atoms with Crippen molar-refractivity contribution < 1.29 is 14.3 Å². The van der Waals surface area contributed by atoms with Crippen LogP contribution in [0.4, 0.5) is 5.69 Å². The number of Topliss-reactive ketones (excluding diaryl/α,β-unsaturated/α-hetero) is 1. The number of benzene rings is 3. The van der Waals surface area contributed by atoms with Gasteiger partial charge in [-0.25, -0.2) is 0 Å². The fourth-order valence-corrected chi connectivity index (χ4v) is 4.90. The normalized spacial score (nSPS) is 19.2. The number of anilines is 1. The molecule has 1 heterocycles. The van der Waals surface area contributed by atoms with Gasteiger partial charge >= 0.3 is 0 Å². The molecule has 1 atom stereocenters. The van der Waals surface area contributed by atoms with Crippen LogP contribution in [0.1, 0.15) is 37.2 Å². The van der Waals surface area contributed by atoms with Crippen molar-refractivity contribution in [2.45, 2.75) is 31.6 Å². The van der Waals surface area contributed by atoms with Crippen molar-refractivity contribution in [1.29, 1.82) is 0 Å². The van der Waals surface area contributed by atoms with E-state index >= 15 is 0 Å². The standard InChI is InChI=1S/C26H23NO3/c1-30-24-15-5-4-11-19(24)20-16-25(29)27(22-13-7-14-23(28)26(20)22)21-12-6-9-17-8-2-3-10-18(17)21/h2-6,8-12,15,20H,7,13-14,16H2,1H3. The van der Waals surface area contributed by atoms with Gasteiger partial charge in [0.05, 0.1) is 12.8 Å². The Bertz CT molecular complexity index is 1190. The molecular weight excluding hydrogens is 374 g/mol. The Balaban J connectivity index is 1.72. The highest BCUT2D eigenvalue weighted by Gasteiger charge is 2.40. The Kier molecular flexibility index (Phi) is 4.62. The number of allylic oxidation sites excluding steroid dienone is 2. The predicted molar refractivity (Wildman–Crippen MR) is 118 cm³/mol. The van der Waals surface area contributed by atoms with Crippen LogP contribution in [-0.4, -0.2) is 18.8 Å². The smallest absolute Gasteiger partial charge is 0.232 e. The number of ketones is 1. The summed E-state index contributed by atoms with van der Waals surface area (Å²) in [4.78, 5) is 28.5. The lowest BCUT2D eigenvalue weighted by Gasteiger charge is -2.39. The maximum absolute atomic E-state index is 13.5. The van der Waals surface area contributed by atoms with Gasteiger partial charge in [-0.15, -0.1) is 0 Å². The molecule has 0 radical (unpaired) electrons. The first kappa shape index (κ1) is 18.6. The molecule has 1 amide bonds. The van der Waals surface area contributed by atoms with E-state index in [0.717, 1.165) is 51.9 Å². The van der Waals surface area contributed by atoms with Gasteiger partial charge in [0.25, 0.3) is 0 Å². The quantitative estimate of drug-likeness (QED) is 0.596. The molecule has 4 heteroatoms. The third-order valence-corrected chi connectivity index (χ3v) is 6.20. The second-order valence-electron chi connectivity index (χ2n) is 7.86. The molecule has 0 saturated carbocycles. The van der Waals surface area contributed by atoms with Gasteiger partial charge in [-0.3, -0.25) is 14.5 Å². The van der Waals surface area contributed by atoms with E-state index in [1.807, 2.05) is 66.7 Å². The summed E-state index contributed by atoms with van der Waals surface area (Å²) in [6.07, 6.45) is 2.28. The summed E-state index contributed by atoms with van der Waals surface area (Å²) in [5.41, 5.74) is 3.40. The molecule has 2 aliphatic rings. The Morgan fingerprint density at radius 3 is 2.53 bits per heavy atom. The summed E-state index contributed by atoms with van der Waals surface area (Å²) in [6, 6.07) is 21.8. The van der Waals surface area contributed by atoms with E-state index in [1.54, 1.807) is 12.0 Å². The minimum Gasteiger partial charge on any atom is -0.496 e. The van der Waals surface area contributed by atoms with Gasteiger partial charge in [-0.1, -0.05) is 54.6 Å². The molecule has 0 N–H and O–H groups in total. The van der Waals surface area contributed by atoms with Gasteiger partial charge < -0.3 is 4.74 Å². The lowest BCUT2D eigenvalue weighted by Crippen LogP contribution is -2.40. The average Bonchev–Trinajstić information content (AvgIpc) is 2.78. The van der Waals surface area contributed by atoms with E-state index in [9.17, 15) is 9.59 Å². The fourth-order valence-electron chi connectivity index (χ4n) is 4.90. The largest absolute Gasteiger partial charge is 0.496 e. The highest BCUT2D eigenvalue weighted by Crippen LogP contribution is 2.46. The van der Waals surface area contributed by atoms with Crippen LogP contribution in [0, 0.1) is 0 Å². The van der Waals surface area contributed by atoms with Crippen LogP contribution >= 0.6 is 0 Å². The third-order valence-electron chi connectivity index (χ3n) is 6.20. The molecule has 3 aromatic rings. The molecule has 0 bridgehead atoms. The van der Waals surface area contributed by atoms with Crippen molar-refractivity contribution in [2.75, 3.05) is 12.0 Å². The Morgan fingerprint density at radius 2 is 1.67 bits per heavy atom. The van der Waals surface area contributed by atoms with Crippen molar-refractivity contribution in [3.63, 3.8) is 0 Å². The average molecular weight is 397 g/mol. The second kappa shape index (κ2) is 7.45. The number of hydrogen-bond acceptors (Lipinski definition) is 3. The number of rotatable bonds is 3. The highest BCUT2D eigenvalue weighted by molar-refractivity contribution is 6.11. The second-order valence-corrected chi connectivity index (χ2v) is 7.86. The molecule has 0 saturated heterocycles. The molecule has 0 fully saturated rings. The van der Waals surface area contributed by atoms with Gasteiger partial charge in [0.1, 0.15) is 5.75 Å². The number of nitrogens with zero attached hydrogens (tertiary/aromatic N) is 1. The molecule has 30 heavy (non-hydrogen) atoms. The number of amides is 1. The van der Waals surface area contributed by atoms with Gasteiger partial charge in [0.15, 0.2) is 5.78 Å². The van der Waals surface area contributed by atoms with Crippen molar-refractivity contribution in [1.82, 2.24) is 0 Å². The number of fused-ring (bicyclic) bond motifs is 1. The SMILES string of the molecule is COc1ccccc1C1CC(=O)N(c2cccc3ccccc23)C2=C1C(=O)CCC2. The van der Waals surface area contributed by atoms with E-state index < -0.39 is 0 Å². The van der Waals surface area contributed by atoms with E-state index in [-0.39, 0.29) is 24.0 Å². The topological polar surface area (TPSA) is 46.6 Å². The molecule has 4 nitrogen and oxygen atoms in total. The summed E-state index contributed by atoms with van der Waals surface area (Å²) >= 11 is 0. The van der Waals surface area contributed by atoms with Gasteiger partial charge in [0, 0.05) is 41.0 Å². The summed E-state index contributed by atoms with van der Waals surface area (Å²) in [5.74, 6) is 0.627. The van der Waals surface area contributed by atoms with Crippen LogP contribution in [-0.2, 0) is 9.59 Å². The third kappa shape index (κ3) is 2.91. The first-order valence-corrected chi connectivity index (χ1v) is 10.4. The number of hydrogen-bond donors (Lipinski definition) is 0. The number of carbonyl (C=O) groups excluding carboxylic acids is 2. The van der Waals surface area contributed by atoms with E-state index in [0.29, 0.717) is 6.42 Å². The molecular formula is C26H23NO3. The minimum atomic E-state index is -0.261. The van der Waals surface area contributed by atoms with E-state index in [2.05, 4.69) is 0 Å². The van der Waals surface area contributed by atoms with Crippen molar-refractivity contribution in [2.24, 2.45) is 0 Å². The summed E-state index contributed by atoms with van der Waals surface area (Å²) in [5, 5.41) is 2.10. The number of ether oxygens (including phenoxy) is 1. The predicted octanol–water partition coefficient (Wildman–Crippen LogP) is 5.38. The molecule has 1 aliphatic heterocycles. The van der Waals surface area contributed by atoms with Gasteiger partial charge in [-0.05, 0) is 30.4 Å². The lowest BCUT2D eigenvalue weighted by atomic mass is 9.76. The molecule has 0 spiro atoms. The zero-order valence-corrected chi connectivity index (χ0v) is 16.9. The van der Waals surface area contributed by atoms with Crippen molar-refractivity contribution in [3.05, 3.63) is 83.6 Å². The maximum Gasteiger partial charge on any atom is 0.232 e. The van der Waals surface area contributed by atoms with E-state index in [1.165, 1.54) is 0 Å². The summed E-state index contributed by atoms with van der Waals surface area (Å²) < 4.78 is 5.56. The molecule has 0 aromatic heterocycles. The first-order chi connectivity index (χ1) is 14.7. The Hall–Kier alpha value is -3.40. The van der Waals surface area contributed by atoms with Crippen molar-refractivity contribution in [3.8, 4) is 5.75 Å². The van der Waals surface area contributed by atoms with Gasteiger partial charge in [-0.2, -0.15) is 0 Å². The molecule has 3 aromatic carbocycles. The Morgan fingerprint density at radius 1 is 0.900 bits per heavy atom. The van der Waals surface area contributed by atoms with Crippen LogP contribution < -0.4 is 9.64 Å². The summed E-state index contributed by atoms with van der Waals surface area (Å²) in [7, 11) is 1.63. The fraction of sp³-hybridized carbons (Fsp3) is 0.231. The molecule has 150 valence electrons. The highest BCUT2D eigenvalue weighted by atomic mass is 16.5. The summed E-state index contributed by atoms with van der Waals surface area (Å²) in [6.45, 7) is 0. The molecule has 1 unspecified atom stereocenters. The van der Waals surface area contributed by atoms with Crippen LogP contribution in [0.15, 0.2) is 78.0 Å². The van der Waals surface area contributed by atoms with Crippen molar-refractivity contribution >= 4 is 28.2 Å². The number of methoxy groups -OCH3 is 1. The number of para-hydroxylation sites is 1. The van der Waals surface area contributed by atoms with Gasteiger partial charge in [0.2, 0.25) is 5.91 Å². The molecule has 5 rings (SSSR count). The Labute approximate surface area is 175 Å². The molecule has 1 aliphatic carbocycles. The van der Waals surface area contributed by atoms with E-state index in [4.69, 9.17) is 4.74 Å². The van der Waals surface area contributed by atoms with Crippen LogP contribution in [0.5, 0.6) is 5.75 Å². The maximum atomic E-state index is 13.5. The van der Waals surface area contributed by atoms with Crippen LogP contribution in [0.3, 0.4) is 0 Å². The zero-order valence-electron chi connectivity index (χ0n) is 16.9. The zero-order chi connectivity index (χ0) is 20.7. The minimum absolute atomic E-state index is 0.0238. The van der Waals surface area contributed by atoms with Crippen LogP contribution in [0.2, 0.25) is 0 Å². The van der Waals surface area contributed by atoms with Crippen LogP contribution in [0.25, 0.3) is 10.8 Å². The lowest BCUT2D eigenvalue weighted by molar-refractivity contribution is -0.119. The monoisotopic (exact) mass is 397 g/mol.